The Bertz CT molecular complexity index is 649. The van der Waals surface area contributed by atoms with E-state index in [2.05, 4.69) is 5.32 Å². The molecule has 0 fully saturated rings. The summed E-state index contributed by atoms with van der Waals surface area (Å²) in [5, 5.41) is 2.70. The number of carbonyl (C=O) groups excluding carboxylic acids is 1. The number of carbonyl (C=O) groups is 1. The number of alkyl halides is 3. The summed E-state index contributed by atoms with van der Waals surface area (Å²) in [7, 11) is 0. The highest BCUT2D eigenvalue weighted by Gasteiger charge is 2.30. The highest BCUT2D eigenvalue weighted by Crippen LogP contribution is 2.31. The van der Waals surface area contributed by atoms with Crippen LogP contribution in [0.25, 0.3) is 0 Å². The van der Waals surface area contributed by atoms with E-state index < -0.39 is 11.7 Å². The summed E-state index contributed by atoms with van der Waals surface area (Å²) in [6.45, 7) is 2.01. The molecule has 0 heterocycles. The van der Waals surface area contributed by atoms with Crippen molar-refractivity contribution in [3.63, 3.8) is 0 Å². The number of hydrogen-bond acceptors (Lipinski definition) is 2. The molecule has 0 aliphatic rings. The van der Waals surface area contributed by atoms with Gasteiger partial charge in [0.25, 0.3) is 0 Å². The minimum atomic E-state index is -4.35. The molecule has 0 atom stereocenters. The Kier molecular flexibility index (Phi) is 5.26. The fourth-order valence-electron chi connectivity index (χ4n) is 1.96. The number of rotatable bonds is 5. The molecule has 6 heteroatoms. The van der Waals surface area contributed by atoms with Crippen LogP contribution in [0.1, 0.15) is 18.1 Å². The predicted molar refractivity (Wildman–Crippen MR) is 80.3 cm³/mol. The lowest BCUT2D eigenvalue weighted by Crippen LogP contribution is -2.22. The van der Waals surface area contributed by atoms with Gasteiger partial charge in [-0.25, -0.2) is 0 Å². The van der Waals surface area contributed by atoms with Gasteiger partial charge in [0.05, 0.1) is 5.56 Å². The molecule has 0 unspecified atom stereocenters. The highest BCUT2D eigenvalue weighted by atomic mass is 19.4. The molecule has 1 amide bonds. The fourth-order valence-corrected chi connectivity index (χ4v) is 1.96. The summed E-state index contributed by atoms with van der Waals surface area (Å²) in [6, 6.07) is 11.7. The van der Waals surface area contributed by atoms with E-state index in [-0.39, 0.29) is 5.91 Å². The van der Waals surface area contributed by atoms with Crippen LogP contribution in [0.2, 0.25) is 0 Å². The van der Waals surface area contributed by atoms with Gasteiger partial charge in [0, 0.05) is 13.5 Å². The Morgan fingerprint density at radius 2 is 1.52 bits per heavy atom. The van der Waals surface area contributed by atoms with Crippen molar-refractivity contribution >= 4 is 5.91 Å². The minimum Gasteiger partial charge on any atom is -0.457 e. The third-order valence-corrected chi connectivity index (χ3v) is 3.13. The van der Waals surface area contributed by atoms with Crippen molar-refractivity contribution < 1.29 is 22.7 Å². The van der Waals surface area contributed by atoms with Gasteiger partial charge in [0.2, 0.25) is 5.91 Å². The van der Waals surface area contributed by atoms with E-state index in [1.54, 1.807) is 12.1 Å². The van der Waals surface area contributed by atoms with Gasteiger partial charge in [-0.1, -0.05) is 12.1 Å². The minimum absolute atomic E-state index is 0.0766. The third kappa shape index (κ3) is 5.32. The van der Waals surface area contributed by atoms with Crippen LogP contribution in [0.15, 0.2) is 48.5 Å². The normalized spacial score (nSPS) is 11.1. The first-order valence-electron chi connectivity index (χ1n) is 7.03. The van der Waals surface area contributed by atoms with E-state index in [1.807, 2.05) is 12.1 Å². The number of halogens is 3. The second-order valence-corrected chi connectivity index (χ2v) is 5.00. The topological polar surface area (TPSA) is 38.3 Å². The van der Waals surface area contributed by atoms with E-state index in [9.17, 15) is 18.0 Å². The first-order valence-corrected chi connectivity index (χ1v) is 7.03. The standard InChI is InChI=1S/C17H16F3NO2/c1-12(22)21-11-10-13-2-6-15(7-3-13)23-16-8-4-14(5-9-16)17(18,19)20/h2-9H,10-11H2,1H3,(H,21,22). The second kappa shape index (κ2) is 7.17. The Morgan fingerprint density at radius 3 is 2.00 bits per heavy atom. The molecule has 0 aromatic heterocycles. The lowest BCUT2D eigenvalue weighted by molar-refractivity contribution is -0.137. The molecule has 0 aliphatic heterocycles. The van der Waals surface area contributed by atoms with Crippen molar-refractivity contribution in [3.8, 4) is 11.5 Å². The molecule has 122 valence electrons. The predicted octanol–water partition coefficient (Wildman–Crippen LogP) is 4.18. The number of amides is 1. The molecular weight excluding hydrogens is 307 g/mol. The van der Waals surface area contributed by atoms with Gasteiger partial charge in [-0.3, -0.25) is 4.79 Å². The average Bonchev–Trinajstić information content (AvgIpc) is 2.48. The maximum Gasteiger partial charge on any atom is 0.416 e. The van der Waals surface area contributed by atoms with Crippen molar-refractivity contribution in [1.29, 1.82) is 0 Å². The first kappa shape index (κ1) is 16.9. The zero-order valence-electron chi connectivity index (χ0n) is 12.5. The summed E-state index contributed by atoms with van der Waals surface area (Å²) >= 11 is 0. The fraction of sp³-hybridized carbons (Fsp3) is 0.235. The smallest absolute Gasteiger partial charge is 0.416 e. The Labute approximate surface area is 132 Å². The van der Waals surface area contributed by atoms with Gasteiger partial charge in [-0.15, -0.1) is 0 Å². The summed E-state index contributed by atoms with van der Waals surface area (Å²) in [4.78, 5) is 10.8. The van der Waals surface area contributed by atoms with Crippen LogP contribution in [0.5, 0.6) is 11.5 Å². The molecule has 0 aliphatic carbocycles. The number of hydrogen-bond donors (Lipinski definition) is 1. The molecule has 0 saturated carbocycles. The van der Waals surface area contributed by atoms with Crippen molar-refractivity contribution in [2.45, 2.75) is 19.5 Å². The molecule has 2 rings (SSSR count). The molecular formula is C17H16F3NO2. The number of ether oxygens (including phenoxy) is 1. The van der Waals surface area contributed by atoms with E-state index >= 15 is 0 Å². The van der Waals surface area contributed by atoms with E-state index in [0.717, 1.165) is 17.7 Å². The Morgan fingerprint density at radius 1 is 1.00 bits per heavy atom. The second-order valence-electron chi connectivity index (χ2n) is 5.00. The van der Waals surface area contributed by atoms with Crippen molar-refractivity contribution in [2.24, 2.45) is 0 Å². The van der Waals surface area contributed by atoms with Gasteiger partial charge in [0.15, 0.2) is 0 Å². The number of benzene rings is 2. The van der Waals surface area contributed by atoms with Crippen LogP contribution in [0, 0.1) is 0 Å². The maximum atomic E-state index is 12.5. The van der Waals surface area contributed by atoms with Crippen LogP contribution in [0.3, 0.4) is 0 Å². The molecule has 2 aromatic carbocycles. The summed E-state index contributed by atoms with van der Waals surface area (Å²) < 4.78 is 42.9. The van der Waals surface area contributed by atoms with Crippen LogP contribution < -0.4 is 10.1 Å². The quantitative estimate of drug-likeness (QED) is 0.896. The molecule has 0 saturated heterocycles. The van der Waals surface area contributed by atoms with Crippen LogP contribution in [0.4, 0.5) is 13.2 Å². The zero-order chi connectivity index (χ0) is 16.9. The molecule has 2 aromatic rings. The van der Waals surface area contributed by atoms with Crippen LogP contribution >= 0.6 is 0 Å². The number of nitrogens with one attached hydrogen (secondary N) is 1. The summed E-state index contributed by atoms with van der Waals surface area (Å²) in [5.41, 5.74) is 0.316. The maximum absolute atomic E-state index is 12.5. The molecule has 23 heavy (non-hydrogen) atoms. The molecule has 0 spiro atoms. The molecule has 0 bridgehead atoms. The lowest BCUT2D eigenvalue weighted by atomic mass is 10.1. The highest BCUT2D eigenvalue weighted by molar-refractivity contribution is 5.72. The monoisotopic (exact) mass is 323 g/mol. The van der Waals surface area contributed by atoms with Crippen molar-refractivity contribution in [2.75, 3.05) is 6.54 Å². The first-order chi connectivity index (χ1) is 10.8. The van der Waals surface area contributed by atoms with E-state index in [1.165, 1.54) is 19.1 Å². The van der Waals surface area contributed by atoms with Crippen molar-refractivity contribution in [1.82, 2.24) is 5.32 Å². The molecule has 1 N–H and O–H groups in total. The zero-order valence-corrected chi connectivity index (χ0v) is 12.5. The van der Waals surface area contributed by atoms with Gasteiger partial charge in [0.1, 0.15) is 11.5 Å². The lowest BCUT2D eigenvalue weighted by Gasteiger charge is -2.09. The van der Waals surface area contributed by atoms with Gasteiger partial charge < -0.3 is 10.1 Å². The molecule has 0 radical (unpaired) electrons. The summed E-state index contributed by atoms with van der Waals surface area (Å²) in [6.07, 6.45) is -3.66. The van der Waals surface area contributed by atoms with E-state index in [4.69, 9.17) is 4.74 Å². The SMILES string of the molecule is CC(=O)NCCc1ccc(Oc2ccc(C(F)(F)F)cc2)cc1. The largest absolute Gasteiger partial charge is 0.457 e. The van der Waals surface area contributed by atoms with E-state index in [0.29, 0.717) is 24.5 Å². The van der Waals surface area contributed by atoms with Gasteiger partial charge >= 0.3 is 6.18 Å². The third-order valence-electron chi connectivity index (χ3n) is 3.13. The van der Waals surface area contributed by atoms with Gasteiger partial charge in [-0.2, -0.15) is 13.2 Å². The van der Waals surface area contributed by atoms with Gasteiger partial charge in [-0.05, 0) is 48.4 Å². The summed E-state index contributed by atoms with van der Waals surface area (Å²) in [5.74, 6) is 0.796. The Balaban J connectivity index is 1.94. The van der Waals surface area contributed by atoms with Crippen LogP contribution in [-0.2, 0) is 17.4 Å². The van der Waals surface area contributed by atoms with Crippen LogP contribution in [-0.4, -0.2) is 12.5 Å². The molecule has 3 nitrogen and oxygen atoms in total. The Hall–Kier alpha value is -2.50. The van der Waals surface area contributed by atoms with Crippen molar-refractivity contribution in [3.05, 3.63) is 59.7 Å². The average molecular weight is 323 g/mol.